The molecular weight excluding hydrogens is 502 g/mol. The molecule has 0 saturated carbocycles. The third-order valence-electron chi connectivity index (χ3n) is 5.82. The van der Waals surface area contributed by atoms with Gasteiger partial charge >= 0.3 is 0 Å². The molecule has 1 amide bonds. The number of hydrogen-bond donors (Lipinski definition) is 1. The second-order valence-corrected chi connectivity index (χ2v) is 9.38. The molecule has 8 nitrogen and oxygen atoms in total. The maximum Gasteiger partial charge on any atom is 0.253 e. The van der Waals surface area contributed by atoms with Crippen LogP contribution >= 0.6 is 0 Å². The Kier molecular flexibility index (Phi) is 7.46. The average Bonchev–Trinajstić information content (AvgIpc) is 3.30. The molecule has 2 aromatic carbocycles. The highest BCUT2D eigenvalue weighted by atomic mass is 32.2. The summed E-state index contributed by atoms with van der Waals surface area (Å²) in [5.74, 6) is -3.48. The number of nitrogens with one attached hydrogen (secondary N) is 1. The number of benzene rings is 2. The van der Waals surface area contributed by atoms with Crippen molar-refractivity contribution in [2.24, 2.45) is 0 Å². The Hall–Kier alpha value is -3.96. The molecule has 192 valence electrons. The number of anilines is 1. The maximum atomic E-state index is 15.4. The fourth-order valence-electron chi connectivity index (χ4n) is 3.97. The van der Waals surface area contributed by atoms with Crippen LogP contribution in [0.3, 0.4) is 0 Å². The van der Waals surface area contributed by atoms with E-state index in [4.69, 9.17) is 0 Å². The fraction of sp³-hybridized carbons (Fsp3) is 0.192. The van der Waals surface area contributed by atoms with Crippen molar-refractivity contribution in [3.05, 3.63) is 83.2 Å². The number of hydrogen-bond acceptors (Lipinski definition) is 5. The average molecular weight is 526 g/mol. The summed E-state index contributed by atoms with van der Waals surface area (Å²) in [5.41, 5.74) is 0.878. The molecule has 11 heteroatoms. The first-order chi connectivity index (χ1) is 17.6. The van der Waals surface area contributed by atoms with Gasteiger partial charge in [0.05, 0.1) is 11.3 Å². The van der Waals surface area contributed by atoms with E-state index in [9.17, 15) is 22.7 Å². The van der Waals surface area contributed by atoms with E-state index in [2.05, 4.69) is 9.97 Å². The predicted molar refractivity (Wildman–Crippen MR) is 136 cm³/mol. The summed E-state index contributed by atoms with van der Waals surface area (Å²) in [5, 5.41) is 0.331. The molecule has 2 heterocycles. The van der Waals surface area contributed by atoms with E-state index >= 15 is 4.39 Å². The minimum absolute atomic E-state index is 0.0241. The van der Waals surface area contributed by atoms with Gasteiger partial charge in [-0.15, -0.1) is 0 Å². The topological polar surface area (TPSA) is 109 Å². The summed E-state index contributed by atoms with van der Waals surface area (Å²) < 4.78 is 54.1. The number of nitrogens with zero attached hydrogens (tertiary/aromatic N) is 3. The van der Waals surface area contributed by atoms with E-state index in [0.29, 0.717) is 28.6 Å². The Morgan fingerprint density at radius 2 is 1.78 bits per heavy atom. The SMILES string of the molecule is CCCN(c1ccc(F)c(C(=O)c2c[nH]c3ncc(-c4ccc(C(=O)N(C)C)cc4)cc23)c1F)S(=O)[O-]. The van der Waals surface area contributed by atoms with E-state index in [-0.39, 0.29) is 18.0 Å². The number of carbonyl (C=O) groups excluding carboxylic acids is 2. The van der Waals surface area contributed by atoms with Crippen LogP contribution in [0.15, 0.2) is 54.9 Å². The first-order valence-corrected chi connectivity index (χ1v) is 12.4. The minimum atomic E-state index is -2.81. The summed E-state index contributed by atoms with van der Waals surface area (Å²) in [4.78, 5) is 34.1. The van der Waals surface area contributed by atoms with Crippen LogP contribution in [-0.4, -0.2) is 56.0 Å². The lowest BCUT2D eigenvalue weighted by molar-refractivity contribution is 0.0827. The zero-order valence-electron chi connectivity index (χ0n) is 20.2. The molecule has 1 atom stereocenters. The van der Waals surface area contributed by atoms with Crippen molar-refractivity contribution in [1.29, 1.82) is 0 Å². The zero-order valence-corrected chi connectivity index (χ0v) is 21.1. The second-order valence-electron chi connectivity index (χ2n) is 8.50. The highest BCUT2D eigenvalue weighted by Gasteiger charge is 2.26. The Morgan fingerprint density at radius 3 is 2.41 bits per heavy atom. The molecular formula is C26H23F2N4O4S-. The number of halogens is 2. The third-order valence-corrected chi connectivity index (χ3v) is 6.56. The van der Waals surface area contributed by atoms with Gasteiger partial charge in [-0.25, -0.2) is 13.8 Å². The van der Waals surface area contributed by atoms with Crippen molar-refractivity contribution < 1.29 is 27.1 Å². The van der Waals surface area contributed by atoms with Crippen molar-refractivity contribution in [2.75, 3.05) is 24.9 Å². The molecule has 37 heavy (non-hydrogen) atoms. The smallest absolute Gasteiger partial charge is 0.253 e. The van der Waals surface area contributed by atoms with Crippen molar-refractivity contribution in [1.82, 2.24) is 14.9 Å². The molecule has 0 radical (unpaired) electrons. The Bertz CT molecular complexity index is 1520. The molecule has 4 rings (SSSR count). The molecule has 0 saturated heterocycles. The molecule has 0 spiro atoms. The fourth-order valence-corrected chi connectivity index (χ4v) is 4.60. The third kappa shape index (κ3) is 5.00. The van der Waals surface area contributed by atoms with Gasteiger partial charge in [0.25, 0.3) is 5.91 Å². The lowest BCUT2D eigenvalue weighted by Crippen LogP contribution is -2.28. The predicted octanol–water partition coefficient (Wildman–Crippen LogP) is 4.45. The normalized spacial score (nSPS) is 11.9. The van der Waals surface area contributed by atoms with Gasteiger partial charge in [-0.3, -0.25) is 18.1 Å². The Labute approximate surface area is 214 Å². The van der Waals surface area contributed by atoms with Gasteiger partial charge in [0.2, 0.25) is 5.78 Å². The number of amides is 1. The van der Waals surface area contributed by atoms with E-state index in [1.165, 1.54) is 11.1 Å². The Morgan fingerprint density at radius 1 is 1.08 bits per heavy atom. The van der Waals surface area contributed by atoms with Gasteiger partial charge in [-0.05, 0) is 42.3 Å². The highest BCUT2D eigenvalue weighted by Crippen LogP contribution is 2.31. The standard InChI is InChI=1S/C26H24F2N4O4S/c1-4-11-32(37(35)36)21-10-9-20(27)22(23(21)28)24(33)19-14-30-25-18(19)12-17(13-29-25)15-5-7-16(8-6-15)26(34)31(2)3/h5-10,12-14H,4,11H2,1-3H3,(H,29,30)(H,35,36)/p-1. The molecule has 0 fully saturated rings. The summed E-state index contributed by atoms with van der Waals surface area (Å²) in [6.07, 6.45) is 3.27. The summed E-state index contributed by atoms with van der Waals surface area (Å²) in [6, 6.07) is 10.3. The molecule has 2 aromatic heterocycles. The molecule has 0 aliphatic carbocycles. The molecule has 0 bridgehead atoms. The lowest BCUT2D eigenvalue weighted by Gasteiger charge is -2.26. The molecule has 1 unspecified atom stereocenters. The van der Waals surface area contributed by atoms with Crippen LogP contribution in [0.2, 0.25) is 0 Å². The van der Waals surface area contributed by atoms with E-state index in [1.807, 2.05) is 0 Å². The van der Waals surface area contributed by atoms with Crippen molar-refractivity contribution >= 4 is 39.7 Å². The van der Waals surface area contributed by atoms with Gasteiger partial charge in [0.1, 0.15) is 11.5 Å². The second kappa shape index (κ2) is 10.6. The summed E-state index contributed by atoms with van der Waals surface area (Å²) >= 11 is -2.81. The summed E-state index contributed by atoms with van der Waals surface area (Å²) in [7, 11) is 3.31. The molecule has 0 aliphatic heterocycles. The van der Waals surface area contributed by atoms with Gasteiger partial charge in [0, 0.05) is 66.4 Å². The lowest BCUT2D eigenvalue weighted by atomic mass is 9.99. The number of ketones is 1. The quantitative estimate of drug-likeness (QED) is 0.270. The van der Waals surface area contributed by atoms with Crippen LogP contribution in [0, 0.1) is 11.6 Å². The van der Waals surface area contributed by atoms with E-state index in [0.717, 1.165) is 22.0 Å². The highest BCUT2D eigenvalue weighted by molar-refractivity contribution is 7.80. The largest absolute Gasteiger partial charge is 0.755 e. The first-order valence-electron chi connectivity index (χ1n) is 11.3. The molecule has 4 aromatic rings. The van der Waals surface area contributed by atoms with Gasteiger partial charge in [0.15, 0.2) is 5.82 Å². The minimum Gasteiger partial charge on any atom is -0.755 e. The number of carbonyl (C=O) groups is 2. The number of rotatable bonds is 8. The van der Waals surface area contributed by atoms with Crippen LogP contribution in [0.4, 0.5) is 14.5 Å². The van der Waals surface area contributed by atoms with Crippen LogP contribution in [0.1, 0.15) is 39.6 Å². The summed E-state index contributed by atoms with van der Waals surface area (Å²) in [6.45, 7) is 1.67. The zero-order chi connectivity index (χ0) is 26.9. The molecule has 1 N–H and O–H groups in total. The van der Waals surface area contributed by atoms with Gasteiger partial charge < -0.3 is 14.4 Å². The maximum absolute atomic E-state index is 15.4. The molecule has 0 aliphatic rings. The van der Waals surface area contributed by atoms with Gasteiger partial charge in [-0.1, -0.05) is 19.1 Å². The van der Waals surface area contributed by atoms with Crippen molar-refractivity contribution in [3.63, 3.8) is 0 Å². The van der Waals surface area contributed by atoms with E-state index in [1.54, 1.807) is 57.5 Å². The number of aromatic nitrogens is 2. The Balaban J connectivity index is 1.76. The van der Waals surface area contributed by atoms with Crippen LogP contribution < -0.4 is 4.31 Å². The number of fused-ring (bicyclic) bond motifs is 1. The van der Waals surface area contributed by atoms with Gasteiger partial charge in [-0.2, -0.15) is 0 Å². The number of aromatic amines is 1. The van der Waals surface area contributed by atoms with Crippen molar-refractivity contribution in [2.45, 2.75) is 13.3 Å². The van der Waals surface area contributed by atoms with E-state index < -0.39 is 39.9 Å². The van der Waals surface area contributed by atoms with Crippen LogP contribution in [0.25, 0.3) is 22.2 Å². The number of H-pyrrole nitrogens is 1. The monoisotopic (exact) mass is 525 g/mol. The first kappa shape index (κ1) is 26.1. The van der Waals surface area contributed by atoms with Crippen LogP contribution in [0.5, 0.6) is 0 Å². The van der Waals surface area contributed by atoms with Crippen LogP contribution in [-0.2, 0) is 11.3 Å². The number of pyridine rings is 1. The van der Waals surface area contributed by atoms with Crippen molar-refractivity contribution in [3.8, 4) is 11.1 Å².